The third-order valence-electron chi connectivity index (χ3n) is 3.07. The van der Waals surface area contributed by atoms with E-state index in [4.69, 9.17) is 16.3 Å². The van der Waals surface area contributed by atoms with Gasteiger partial charge in [0.05, 0.1) is 23.9 Å². The molecule has 4 heteroatoms. The molecule has 1 saturated heterocycles. The average molecular weight is 255 g/mol. The Kier molecular flexibility index (Phi) is 4.26. The van der Waals surface area contributed by atoms with Crippen molar-refractivity contribution in [2.24, 2.45) is 0 Å². The molecule has 1 aliphatic heterocycles. The lowest BCUT2D eigenvalue weighted by molar-refractivity contribution is 0.0989. The number of nitrogens with one attached hydrogen (secondary N) is 1. The first kappa shape index (κ1) is 12.7. The molecule has 3 nitrogen and oxygen atoms in total. The first-order valence-electron chi connectivity index (χ1n) is 6.00. The summed E-state index contributed by atoms with van der Waals surface area (Å²) in [5.41, 5.74) is 2.32. The van der Waals surface area contributed by atoms with Gasteiger partial charge in [-0.15, -0.1) is 0 Å². The van der Waals surface area contributed by atoms with E-state index in [1.165, 1.54) is 5.56 Å². The lowest BCUT2D eigenvalue weighted by Gasteiger charge is -2.35. The van der Waals surface area contributed by atoms with E-state index in [1.807, 2.05) is 13.1 Å². The maximum atomic E-state index is 6.35. The molecule has 1 N–H and O–H groups in total. The average Bonchev–Trinajstić information content (AvgIpc) is 2.31. The van der Waals surface area contributed by atoms with Crippen LogP contribution < -0.4 is 10.2 Å². The van der Waals surface area contributed by atoms with Crippen molar-refractivity contribution < 1.29 is 4.74 Å². The molecule has 1 unspecified atom stereocenters. The molecule has 1 atom stereocenters. The van der Waals surface area contributed by atoms with Crippen LogP contribution in [-0.4, -0.2) is 32.8 Å². The van der Waals surface area contributed by atoms with E-state index in [0.717, 1.165) is 37.0 Å². The molecular weight excluding hydrogens is 236 g/mol. The molecule has 94 valence electrons. The van der Waals surface area contributed by atoms with Crippen molar-refractivity contribution in [1.29, 1.82) is 0 Å². The van der Waals surface area contributed by atoms with E-state index in [2.05, 4.69) is 29.3 Å². The second-order valence-corrected chi connectivity index (χ2v) is 4.84. The zero-order chi connectivity index (χ0) is 12.3. The second kappa shape index (κ2) is 5.71. The van der Waals surface area contributed by atoms with Crippen molar-refractivity contribution in [1.82, 2.24) is 5.32 Å². The summed E-state index contributed by atoms with van der Waals surface area (Å²) < 4.78 is 5.44. The minimum atomic E-state index is 0.386. The van der Waals surface area contributed by atoms with Gasteiger partial charge in [0.15, 0.2) is 0 Å². The summed E-state index contributed by atoms with van der Waals surface area (Å²) in [5, 5.41) is 3.95. The fraction of sp³-hybridized carbons (Fsp3) is 0.538. The van der Waals surface area contributed by atoms with Gasteiger partial charge in [0.25, 0.3) is 0 Å². The highest BCUT2D eigenvalue weighted by atomic mass is 35.5. The Balaban J connectivity index is 2.20. The van der Waals surface area contributed by atoms with Gasteiger partial charge in [0.2, 0.25) is 0 Å². The van der Waals surface area contributed by atoms with Crippen molar-refractivity contribution in [2.45, 2.75) is 19.5 Å². The third kappa shape index (κ3) is 2.92. The van der Waals surface area contributed by atoms with Crippen LogP contribution in [0.5, 0.6) is 0 Å². The smallest absolute Gasteiger partial charge is 0.0668 e. The predicted octanol–water partition coefficient (Wildman–Crippen LogP) is 2.28. The first-order chi connectivity index (χ1) is 8.22. The summed E-state index contributed by atoms with van der Waals surface area (Å²) in [5.74, 6) is 0. The molecular formula is C13H19ClN2O. The maximum absolute atomic E-state index is 6.35. The van der Waals surface area contributed by atoms with Crippen LogP contribution in [0.2, 0.25) is 5.02 Å². The van der Waals surface area contributed by atoms with Crippen LogP contribution >= 0.6 is 11.6 Å². The van der Waals surface area contributed by atoms with Crippen LogP contribution in [0.25, 0.3) is 0 Å². The molecule has 0 saturated carbocycles. The van der Waals surface area contributed by atoms with Gasteiger partial charge < -0.3 is 15.0 Å². The summed E-state index contributed by atoms with van der Waals surface area (Å²) in [7, 11) is 1.94. The van der Waals surface area contributed by atoms with Gasteiger partial charge in [-0.05, 0) is 31.7 Å². The highest BCUT2D eigenvalue weighted by Crippen LogP contribution is 2.29. The van der Waals surface area contributed by atoms with Crippen molar-refractivity contribution in [3.8, 4) is 0 Å². The Hall–Kier alpha value is -0.770. The van der Waals surface area contributed by atoms with Crippen molar-refractivity contribution in [3.05, 3.63) is 28.8 Å². The molecule has 0 spiro atoms. The topological polar surface area (TPSA) is 24.5 Å². The van der Waals surface area contributed by atoms with Gasteiger partial charge in [0, 0.05) is 19.1 Å². The minimum absolute atomic E-state index is 0.386. The van der Waals surface area contributed by atoms with Crippen molar-refractivity contribution >= 4 is 17.3 Å². The highest BCUT2D eigenvalue weighted by molar-refractivity contribution is 6.33. The number of anilines is 1. The SMILES string of the molecule is CNCc1ccc(N2CCOCC2C)c(Cl)c1. The number of hydrogen-bond donors (Lipinski definition) is 1. The van der Waals surface area contributed by atoms with Gasteiger partial charge in [-0.3, -0.25) is 0 Å². The van der Waals surface area contributed by atoms with Crippen LogP contribution in [0.4, 0.5) is 5.69 Å². The summed E-state index contributed by atoms with van der Waals surface area (Å²) >= 11 is 6.35. The molecule has 17 heavy (non-hydrogen) atoms. The monoisotopic (exact) mass is 254 g/mol. The number of ether oxygens (including phenoxy) is 1. The fourth-order valence-corrected chi connectivity index (χ4v) is 2.49. The molecule has 1 aromatic carbocycles. The lowest BCUT2D eigenvalue weighted by atomic mass is 10.1. The number of rotatable bonds is 3. The summed E-state index contributed by atoms with van der Waals surface area (Å²) in [6.45, 7) is 5.47. The molecule has 0 bridgehead atoms. The third-order valence-corrected chi connectivity index (χ3v) is 3.37. The van der Waals surface area contributed by atoms with Crippen LogP contribution in [0.15, 0.2) is 18.2 Å². The number of benzene rings is 1. The largest absolute Gasteiger partial charge is 0.377 e. The number of halogens is 1. The first-order valence-corrected chi connectivity index (χ1v) is 6.37. The van der Waals surface area contributed by atoms with Crippen LogP contribution in [-0.2, 0) is 11.3 Å². The van der Waals surface area contributed by atoms with E-state index in [-0.39, 0.29) is 0 Å². The molecule has 1 aromatic rings. The van der Waals surface area contributed by atoms with Gasteiger partial charge in [-0.2, -0.15) is 0 Å². The maximum Gasteiger partial charge on any atom is 0.0668 e. The zero-order valence-electron chi connectivity index (χ0n) is 10.4. The van der Waals surface area contributed by atoms with Crippen LogP contribution in [0.1, 0.15) is 12.5 Å². The Labute approximate surface area is 108 Å². The second-order valence-electron chi connectivity index (χ2n) is 4.43. The fourth-order valence-electron chi connectivity index (χ4n) is 2.18. The van der Waals surface area contributed by atoms with E-state index in [1.54, 1.807) is 0 Å². The van der Waals surface area contributed by atoms with E-state index in [9.17, 15) is 0 Å². The molecule has 1 heterocycles. The molecule has 0 amide bonds. The molecule has 1 fully saturated rings. The molecule has 1 aliphatic rings. The number of morpholine rings is 1. The molecule has 2 rings (SSSR count). The molecule has 0 aromatic heterocycles. The summed E-state index contributed by atoms with van der Waals surface area (Å²) in [6.07, 6.45) is 0. The lowest BCUT2D eigenvalue weighted by Crippen LogP contribution is -2.43. The highest BCUT2D eigenvalue weighted by Gasteiger charge is 2.20. The number of hydrogen-bond acceptors (Lipinski definition) is 3. The summed E-state index contributed by atoms with van der Waals surface area (Å²) in [4.78, 5) is 2.31. The van der Waals surface area contributed by atoms with E-state index >= 15 is 0 Å². The van der Waals surface area contributed by atoms with Crippen molar-refractivity contribution in [2.75, 3.05) is 31.7 Å². The zero-order valence-corrected chi connectivity index (χ0v) is 11.1. The van der Waals surface area contributed by atoms with Gasteiger partial charge >= 0.3 is 0 Å². The molecule has 0 aliphatic carbocycles. The van der Waals surface area contributed by atoms with Crippen LogP contribution in [0.3, 0.4) is 0 Å². The Bertz CT molecular complexity index is 384. The summed E-state index contributed by atoms with van der Waals surface area (Å²) in [6, 6.07) is 6.66. The van der Waals surface area contributed by atoms with Crippen LogP contribution in [0, 0.1) is 0 Å². The Morgan fingerprint density at radius 3 is 3.00 bits per heavy atom. The Morgan fingerprint density at radius 1 is 1.53 bits per heavy atom. The number of nitrogens with zero attached hydrogens (tertiary/aromatic N) is 1. The standard InChI is InChI=1S/C13H19ClN2O/c1-10-9-17-6-5-16(10)13-4-3-11(8-15-2)7-12(13)14/h3-4,7,10,15H,5-6,8-9H2,1-2H3. The Morgan fingerprint density at radius 2 is 2.35 bits per heavy atom. The van der Waals surface area contributed by atoms with Gasteiger partial charge in [-0.1, -0.05) is 17.7 Å². The quantitative estimate of drug-likeness (QED) is 0.896. The van der Waals surface area contributed by atoms with Crippen molar-refractivity contribution in [3.63, 3.8) is 0 Å². The van der Waals surface area contributed by atoms with E-state index in [0.29, 0.717) is 6.04 Å². The normalized spacial score (nSPS) is 20.6. The van der Waals surface area contributed by atoms with E-state index < -0.39 is 0 Å². The van der Waals surface area contributed by atoms with Gasteiger partial charge in [0.1, 0.15) is 0 Å². The molecule has 0 radical (unpaired) electrons. The predicted molar refractivity (Wildman–Crippen MR) is 71.8 cm³/mol. The van der Waals surface area contributed by atoms with Gasteiger partial charge in [-0.25, -0.2) is 0 Å². The minimum Gasteiger partial charge on any atom is -0.377 e.